The Labute approximate surface area is 123 Å². The van der Waals surface area contributed by atoms with E-state index < -0.39 is 0 Å². The summed E-state index contributed by atoms with van der Waals surface area (Å²) < 4.78 is 10.2. The van der Waals surface area contributed by atoms with Crippen LogP contribution < -0.4 is 11.1 Å². The molecular formula is C12H22N4O3S. The van der Waals surface area contributed by atoms with E-state index in [2.05, 4.69) is 10.3 Å². The predicted molar refractivity (Wildman–Crippen MR) is 80.3 cm³/mol. The maximum absolute atomic E-state index is 12.6. The van der Waals surface area contributed by atoms with E-state index in [0.29, 0.717) is 29.8 Å². The molecule has 1 unspecified atom stereocenters. The summed E-state index contributed by atoms with van der Waals surface area (Å²) in [6, 6.07) is -0.0674. The monoisotopic (exact) mass is 302 g/mol. The van der Waals surface area contributed by atoms with Gasteiger partial charge in [-0.15, -0.1) is 0 Å². The minimum Gasteiger partial charge on any atom is -0.383 e. The van der Waals surface area contributed by atoms with E-state index in [1.807, 2.05) is 6.92 Å². The number of anilines is 2. The zero-order valence-electron chi connectivity index (χ0n) is 12.3. The number of nitrogens with two attached hydrogens (primary N) is 1. The highest BCUT2D eigenvalue weighted by Gasteiger charge is 2.25. The first-order valence-corrected chi connectivity index (χ1v) is 7.09. The minimum atomic E-state index is -0.150. The fourth-order valence-corrected chi connectivity index (χ4v) is 2.56. The molecule has 1 atom stereocenters. The Hall–Kier alpha value is -1.38. The fourth-order valence-electron chi connectivity index (χ4n) is 1.77. The van der Waals surface area contributed by atoms with Crippen molar-refractivity contribution in [2.75, 3.05) is 52.1 Å². The first kappa shape index (κ1) is 16.7. The summed E-state index contributed by atoms with van der Waals surface area (Å²) in [5, 5.41) is 3.51. The molecule has 0 aliphatic heterocycles. The molecule has 1 aromatic rings. The van der Waals surface area contributed by atoms with Crippen LogP contribution in [-0.2, 0) is 9.47 Å². The van der Waals surface area contributed by atoms with Gasteiger partial charge in [-0.05, 0) is 6.92 Å². The zero-order valence-corrected chi connectivity index (χ0v) is 13.1. The van der Waals surface area contributed by atoms with Gasteiger partial charge in [0.05, 0.1) is 19.3 Å². The maximum atomic E-state index is 12.6. The second-order valence-electron chi connectivity index (χ2n) is 4.28. The van der Waals surface area contributed by atoms with Gasteiger partial charge in [0, 0.05) is 27.8 Å². The standard InChI is InChI=1S/C12H22N4O3S/c1-8(7-19-4)16(5-6-18-3)11(17)9-10(13)15-12(14-2)20-9/h8H,5-7,13H2,1-4H3,(H,14,15). The number of methoxy groups -OCH3 is 2. The van der Waals surface area contributed by atoms with Crippen LogP contribution in [0.25, 0.3) is 0 Å². The van der Waals surface area contributed by atoms with Crippen LogP contribution in [0.1, 0.15) is 16.6 Å². The molecule has 0 radical (unpaired) electrons. The summed E-state index contributed by atoms with van der Waals surface area (Å²) in [6.45, 7) is 3.31. The summed E-state index contributed by atoms with van der Waals surface area (Å²) in [6.07, 6.45) is 0. The maximum Gasteiger partial charge on any atom is 0.268 e. The van der Waals surface area contributed by atoms with E-state index in [0.717, 1.165) is 0 Å². The van der Waals surface area contributed by atoms with E-state index in [4.69, 9.17) is 15.2 Å². The van der Waals surface area contributed by atoms with Gasteiger partial charge in [-0.3, -0.25) is 4.79 Å². The van der Waals surface area contributed by atoms with Crippen LogP contribution in [0, 0.1) is 0 Å². The van der Waals surface area contributed by atoms with Crippen LogP contribution in [0.5, 0.6) is 0 Å². The average molecular weight is 302 g/mol. The van der Waals surface area contributed by atoms with Gasteiger partial charge in [-0.25, -0.2) is 4.98 Å². The van der Waals surface area contributed by atoms with Crippen molar-refractivity contribution < 1.29 is 14.3 Å². The van der Waals surface area contributed by atoms with E-state index >= 15 is 0 Å². The van der Waals surface area contributed by atoms with Crippen molar-refractivity contribution in [1.82, 2.24) is 9.88 Å². The largest absolute Gasteiger partial charge is 0.383 e. The number of nitrogens with zero attached hydrogens (tertiary/aromatic N) is 2. The number of thiazole rings is 1. The highest BCUT2D eigenvalue weighted by Crippen LogP contribution is 2.26. The molecular weight excluding hydrogens is 280 g/mol. The third-order valence-electron chi connectivity index (χ3n) is 2.80. The molecule has 1 rings (SSSR count). The van der Waals surface area contributed by atoms with Crippen LogP contribution in [0.4, 0.5) is 10.9 Å². The van der Waals surface area contributed by atoms with Crippen molar-refractivity contribution in [1.29, 1.82) is 0 Å². The van der Waals surface area contributed by atoms with Crippen molar-refractivity contribution in [2.24, 2.45) is 0 Å². The lowest BCUT2D eigenvalue weighted by Crippen LogP contribution is -2.43. The van der Waals surface area contributed by atoms with Crippen molar-refractivity contribution in [2.45, 2.75) is 13.0 Å². The van der Waals surface area contributed by atoms with Gasteiger partial charge < -0.3 is 25.4 Å². The topological polar surface area (TPSA) is 89.7 Å². The third-order valence-corrected chi connectivity index (χ3v) is 3.88. The Balaban J connectivity index is 2.93. The Morgan fingerprint density at radius 1 is 1.50 bits per heavy atom. The molecule has 0 aliphatic rings. The van der Waals surface area contributed by atoms with Gasteiger partial charge in [-0.1, -0.05) is 11.3 Å². The zero-order chi connectivity index (χ0) is 15.1. The van der Waals surface area contributed by atoms with Crippen molar-refractivity contribution in [3.8, 4) is 0 Å². The lowest BCUT2D eigenvalue weighted by Gasteiger charge is -2.28. The van der Waals surface area contributed by atoms with Gasteiger partial charge in [0.15, 0.2) is 5.13 Å². The number of ether oxygens (including phenoxy) is 2. The second kappa shape index (κ2) is 8.03. The number of hydrogen-bond donors (Lipinski definition) is 2. The molecule has 0 spiro atoms. The van der Waals surface area contributed by atoms with Crippen LogP contribution in [0.15, 0.2) is 0 Å². The molecule has 0 aliphatic carbocycles. The number of rotatable bonds is 8. The summed E-state index contributed by atoms with van der Waals surface area (Å²) in [4.78, 5) is 18.8. The van der Waals surface area contributed by atoms with E-state index in [1.165, 1.54) is 11.3 Å². The summed E-state index contributed by atoms with van der Waals surface area (Å²) >= 11 is 1.24. The van der Waals surface area contributed by atoms with Crippen LogP contribution >= 0.6 is 11.3 Å². The molecule has 1 aromatic heterocycles. The first-order valence-electron chi connectivity index (χ1n) is 6.28. The highest BCUT2D eigenvalue weighted by atomic mass is 32.1. The van der Waals surface area contributed by atoms with E-state index in [9.17, 15) is 4.79 Å². The van der Waals surface area contributed by atoms with Gasteiger partial charge in [0.25, 0.3) is 5.91 Å². The van der Waals surface area contributed by atoms with Crippen molar-refractivity contribution in [3.05, 3.63) is 4.88 Å². The molecule has 0 fully saturated rings. The lowest BCUT2D eigenvalue weighted by molar-refractivity contribution is 0.0484. The Morgan fingerprint density at radius 3 is 2.70 bits per heavy atom. The minimum absolute atomic E-state index is 0.0674. The number of nitrogen functional groups attached to an aromatic ring is 1. The number of carbonyl (C=O) groups excluding carboxylic acids is 1. The van der Waals surface area contributed by atoms with Gasteiger partial charge in [0.2, 0.25) is 0 Å². The highest BCUT2D eigenvalue weighted by molar-refractivity contribution is 7.18. The smallest absolute Gasteiger partial charge is 0.268 e. The van der Waals surface area contributed by atoms with Crippen LogP contribution in [-0.4, -0.2) is 62.9 Å². The Morgan fingerprint density at radius 2 is 2.20 bits per heavy atom. The van der Waals surface area contributed by atoms with Gasteiger partial charge >= 0.3 is 0 Å². The number of amides is 1. The predicted octanol–water partition coefficient (Wildman–Crippen LogP) is 0.891. The summed E-state index contributed by atoms with van der Waals surface area (Å²) in [5.41, 5.74) is 5.81. The molecule has 8 heteroatoms. The molecule has 7 nitrogen and oxygen atoms in total. The molecule has 1 amide bonds. The van der Waals surface area contributed by atoms with E-state index in [-0.39, 0.29) is 17.8 Å². The lowest BCUT2D eigenvalue weighted by atomic mass is 10.2. The molecule has 114 valence electrons. The van der Waals surface area contributed by atoms with Crippen molar-refractivity contribution in [3.63, 3.8) is 0 Å². The second-order valence-corrected chi connectivity index (χ2v) is 5.28. The van der Waals surface area contributed by atoms with E-state index in [1.54, 1.807) is 26.2 Å². The number of aromatic nitrogens is 1. The molecule has 20 heavy (non-hydrogen) atoms. The SMILES string of the molecule is CNc1nc(N)c(C(=O)N(CCOC)C(C)COC)s1. The summed E-state index contributed by atoms with van der Waals surface area (Å²) in [5.74, 6) is 0.0967. The van der Waals surface area contributed by atoms with Crippen LogP contribution in [0.3, 0.4) is 0 Å². The van der Waals surface area contributed by atoms with Crippen molar-refractivity contribution >= 4 is 28.2 Å². The molecule has 1 heterocycles. The number of carbonyl (C=O) groups is 1. The average Bonchev–Trinajstić information content (AvgIpc) is 2.80. The van der Waals surface area contributed by atoms with Crippen LogP contribution in [0.2, 0.25) is 0 Å². The summed E-state index contributed by atoms with van der Waals surface area (Å²) in [7, 11) is 4.95. The first-order chi connectivity index (χ1) is 9.54. The quantitative estimate of drug-likeness (QED) is 0.741. The molecule has 0 bridgehead atoms. The Kier molecular flexibility index (Phi) is 6.69. The number of hydrogen-bond acceptors (Lipinski definition) is 7. The molecule has 0 aromatic carbocycles. The third kappa shape index (κ3) is 4.06. The molecule has 0 saturated heterocycles. The molecule has 0 saturated carbocycles. The Bertz CT molecular complexity index is 438. The van der Waals surface area contributed by atoms with Gasteiger partial charge in [0.1, 0.15) is 10.7 Å². The fraction of sp³-hybridized carbons (Fsp3) is 0.667. The normalized spacial score (nSPS) is 12.2. The molecule has 3 N–H and O–H groups in total. The number of nitrogens with one attached hydrogen (secondary N) is 1. The van der Waals surface area contributed by atoms with Gasteiger partial charge in [-0.2, -0.15) is 0 Å².